The van der Waals surface area contributed by atoms with E-state index in [1.54, 1.807) is 7.05 Å². The lowest BCUT2D eigenvalue weighted by Crippen LogP contribution is -2.53. The zero-order chi connectivity index (χ0) is 25.9. The van der Waals surface area contributed by atoms with Gasteiger partial charge in [-0.25, -0.2) is 0 Å². The molecule has 0 aliphatic carbocycles. The minimum Gasteiger partial charge on any atom is -0.494 e. The number of hydrogen-bond acceptors (Lipinski definition) is 5. The molecule has 0 saturated heterocycles. The van der Waals surface area contributed by atoms with Crippen molar-refractivity contribution in [2.45, 2.75) is 44.9 Å². The first kappa shape index (κ1) is 26.9. The Bertz CT molecular complexity index is 1100. The molecule has 0 fully saturated rings. The van der Waals surface area contributed by atoms with Crippen LogP contribution < -0.4 is 21.5 Å². The van der Waals surface area contributed by atoms with E-state index in [1.165, 1.54) is 4.90 Å². The summed E-state index contributed by atoms with van der Waals surface area (Å²) in [7, 11) is 1.64. The fourth-order valence-corrected chi connectivity index (χ4v) is 3.99. The fraction of sp³-hybridized carbons (Fsp3) is 0.310. The number of rotatable bonds is 12. The van der Waals surface area contributed by atoms with Gasteiger partial charge in [-0.15, -0.1) is 0 Å². The Morgan fingerprint density at radius 2 is 1.44 bits per heavy atom. The third-order valence-corrected chi connectivity index (χ3v) is 6.12. The average molecular weight is 489 g/mol. The molecule has 0 aromatic heterocycles. The third-order valence-electron chi connectivity index (χ3n) is 6.12. The lowest BCUT2D eigenvalue weighted by molar-refractivity contribution is -0.140. The molecule has 7 heteroatoms. The minimum atomic E-state index is -0.775. The van der Waals surface area contributed by atoms with Crippen molar-refractivity contribution >= 4 is 11.8 Å². The monoisotopic (exact) mass is 488 g/mol. The number of nitrogens with one attached hydrogen (secondary N) is 1. The van der Waals surface area contributed by atoms with Crippen LogP contribution in [0, 0.1) is 0 Å². The first-order valence-electron chi connectivity index (χ1n) is 12.2. The van der Waals surface area contributed by atoms with Crippen molar-refractivity contribution < 1.29 is 14.3 Å². The van der Waals surface area contributed by atoms with E-state index in [4.69, 9.17) is 16.2 Å². The predicted octanol–water partition coefficient (Wildman–Crippen LogP) is 2.80. The van der Waals surface area contributed by atoms with Gasteiger partial charge in [0.05, 0.1) is 12.6 Å². The smallest absolute Gasteiger partial charge is 0.243 e. The first-order chi connectivity index (χ1) is 17.4. The molecule has 36 heavy (non-hydrogen) atoms. The Balaban J connectivity index is 1.69. The average Bonchev–Trinajstić information content (AvgIpc) is 2.91. The van der Waals surface area contributed by atoms with Gasteiger partial charge in [0, 0.05) is 26.6 Å². The summed E-state index contributed by atoms with van der Waals surface area (Å²) in [4.78, 5) is 28.0. The van der Waals surface area contributed by atoms with E-state index in [1.807, 2.05) is 85.8 Å². The van der Waals surface area contributed by atoms with Crippen LogP contribution in [0.4, 0.5) is 0 Å². The predicted molar refractivity (Wildman–Crippen MR) is 142 cm³/mol. The van der Waals surface area contributed by atoms with E-state index >= 15 is 0 Å². The van der Waals surface area contributed by atoms with Crippen molar-refractivity contribution in [3.8, 4) is 5.75 Å². The maximum absolute atomic E-state index is 13.3. The second kappa shape index (κ2) is 13.4. The highest BCUT2D eigenvalue weighted by Crippen LogP contribution is 2.15. The van der Waals surface area contributed by atoms with Crippen molar-refractivity contribution in [2.24, 2.45) is 11.5 Å². The van der Waals surface area contributed by atoms with Crippen molar-refractivity contribution in [3.63, 3.8) is 0 Å². The van der Waals surface area contributed by atoms with Crippen LogP contribution in [0.1, 0.15) is 29.2 Å². The zero-order valence-electron chi connectivity index (χ0n) is 21.0. The van der Waals surface area contributed by atoms with Crippen LogP contribution in [-0.2, 0) is 35.5 Å². The number of hydrogen-bond donors (Lipinski definition) is 3. The highest BCUT2D eigenvalue weighted by molar-refractivity contribution is 5.90. The Kier molecular flexibility index (Phi) is 10.0. The number of carbonyl (C=O) groups excluding carboxylic acids is 2. The molecule has 190 valence electrons. The van der Waals surface area contributed by atoms with Gasteiger partial charge in [0.25, 0.3) is 0 Å². The molecule has 2 atom stereocenters. The summed E-state index contributed by atoms with van der Waals surface area (Å²) in [6, 6.07) is 23.5. The molecular weight excluding hydrogens is 452 g/mol. The molecule has 5 N–H and O–H groups in total. The summed E-state index contributed by atoms with van der Waals surface area (Å²) in [6.45, 7) is 3.34. The number of carbonyl (C=O) groups is 2. The van der Waals surface area contributed by atoms with Crippen molar-refractivity contribution in [3.05, 3.63) is 101 Å². The van der Waals surface area contributed by atoms with Crippen LogP contribution in [0.2, 0.25) is 0 Å². The van der Waals surface area contributed by atoms with Crippen LogP contribution in [0.3, 0.4) is 0 Å². The Morgan fingerprint density at radius 1 is 0.861 bits per heavy atom. The summed E-state index contributed by atoms with van der Waals surface area (Å²) >= 11 is 0. The van der Waals surface area contributed by atoms with Gasteiger partial charge in [-0.3, -0.25) is 9.59 Å². The number of likely N-dealkylation sites (N-methyl/N-ethyl adjacent to an activating group) is 1. The van der Waals surface area contributed by atoms with Gasteiger partial charge in [0.1, 0.15) is 11.8 Å². The van der Waals surface area contributed by atoms with Gasteiger partial charge >= 0.3 is 0 Å². The molecule has 0 radical (unpaired) electrons. The molecular formula is C29H36N4O3. The van der Waals surface area contributed by atoms with Crippen molar-refractivity contribution in [1.29, 1.82) is 0 Å². The SMILES string of the molecule is CCOc1ccc(CC(N)C(=O)N(C)[C@@H](Cc2ccccc2)C(=O)NCc2ccc(CN)cc2)cc1. The molecule has 3 aromatic rings. The standard InChI is InChI=1S/C29H36N4O3/c1-3-36-25-15-13-22(14-16-25)17-26(31)29(35)33(2)27(18-21-7-5-4-6-8-21)28(34)32-20-24-11-9-23(19-30)10-12-24/h4-16,26-27H,3,17-20,30-31H2,1-2H3,(H,32,34)/t26?,27-/m0/s1. The number of amides is 2. The highest BCUT2D eigenvalue weighted by atomic mass is 16.5. The topological polar surface area (TPSA) is 111 Å². The Morgan fingerprint density at radius 3 is 2.06 bits per heavy atom. The molecule has 0 aliphatic heterocycles. The number of benzene rings is 3. The molecule has 0 bridgehead atoms. The van der Waals surface area contributed by atoms with Crippen LogP contribution >= 0.6 is 0 Å². The van der Waals surface area contributed by atoms with E-state index in [9.17, 15) is 9.59 Å². The summed E-state index contributed by atoms with van der Waals surface area (Å²) in [5.74, 6) is 0.258. The summed E-state index contributed by atoms with van der Waals surface area (Å²) in [5.41, 5.74) is 15.8. The summed E-state index contributed by atoms with van der Waals surface area (Å²) in [5, 5.41) is 2.98. The van der Waals surface area contributed by atoms with Crippen LogP contribution in [0.25, 0.3) is 0 Å². The van der Waals surface area contributed by atoms with Gasteiger partial charge in [-0.2, -0.15) is 0 Å². The van der Waals surface area contributed by atoms with Crippen molar-refractivity contribution in [1.82, 2.24) is 10.2 Å². The number of ether oxygens (including phenoxy) is 1. The van der Waals surface area contributed by atoms with Gasteiger partial charge in [0.15, 0.2) is 0 Å². The largest absolute Gasteiger partial charge is 0.494 e. The minimum absolute atomic E-state index is 0.231. The van der Waals surface area contributed by atoms with Gasteiger partial charge in [-0.05, 0) is 47.7 Å². The zero-order valence-corrected chi connectivity index (χ0v) is 21.0. The van der Waals surface area contributed by atoms with Crippen LogP contribution in [0.15, 0.2) is 78.9 Å². The molecule has 3 rings (SSSR count). The maximum Gasteiger partial charge on any atom is 0.243 e. The molecule has 7 nitrogen and oxygen atoms in total. The van der Waals surface area contributed by atoms with E-state index < -0.39 is 12.1 Å². The summed E-state index contributed by atoms with van der Waals surface area (Å²) in [6.07, 6.45) is 0.750. The lowest BCUT2D eigenvalue weighted by atomic mass is 10.0. The highest BCUT2D eigenvalue weighted by Gasteiger charge is 2.30. The quantitative estimate of drug-likeness (QED) is 0.363. The van der Waals surface area contributed by atoms with E-state index in [-0.39, 0.29) is 11.8 Å². The fourth-order valence-electron chi connectivity index (χ4n) is 3.99. The molecule has 0 spiro atoms. The van der Waals surface area contributed by atoms with E-state index in [0.29, 0.717) is 32.5 Å². The number of nitrogens with zero attached hydrogens (tertiary/aromatic N) is 1. The molecule has 1 unspecified atom stereocenters. The van der Waals surface area contributed by atoms with Crippen LogP contribution in [-0.4, -0.2) is 42.5 Å². The van der Waals surface area contributed by atoms with Crippen molar-refractivity contribution in [2.75, 3.05) is 13.7 Å². The molecule has 3 aromatic carbocycles. The van der Waals surface area contributed by atoms with E-state index in [2.05, 4.69) is 5.32 Å². The summed E-state index contributed by atoms with van der Waals surface area (Å²) < 4.78 is 5.48. The molecule has 0 saturated carbocycles. The van der Waals surface area contributed by atoms with E-state index in [0.717, 1.165) is 28.0 Å². The Hall–Kier alpha value is -3.68. The lowest BCUT2D eigenvalue weighted by Gasteiger charge is -2.30. The molecule has 0 heterocycles. The Labute approximate surface area is 213 Å². The van der Waals surface area contributed by atoms with Gasteiger partial charge in [0.2, 0.25) is 11.8 Å². The molecule has 0 aliphatic rings. The second-order valence-corrected chi connectivity index (χ2v) is 8.78. The van der Waals surface area contributed by atoms with Gasteiger partial charge in [-0.1, -0.05) is 66.7 Å². The molecule has 2 amide bonds. The second-order valence-electron chi connectivity index (χ2n) is 8.78. The van der Waals surface area contributed by atoms with Crippen LogP contribution in [0.5, 0.6) is 5.75 Å². The maximum atomic E-state index is 13.3. The van der Waals surface area contributed by atoms with Gasteiger partial charge < -0.3 is 26.4 Å². The first-order valence-corrected chi connectivity index (χ1v) is 12.2. The number of nitrogens with two attached hydrogens (primary N) is 2. The normalized spacial score (nSPS) is 12.4. The third kappa shape index (κ3) is 7.66.